The first-order valence-corrected chi connectivity index (χ1v) is 9.51. The van der Waals surface area contributed by atoms with Gasteiger partial charge in [-0.1, -0.05) is 45.0 Å². The third-order valence-corrected chi connectivity index (χ3v) is 4.59. The Morgan fingerprint density at radius 3 is 2.28 bits per heavy atom. The Morgan fingerprint density at radius 2 is 1.62 bits per heavy atom. The summed E-state index contributed by atoms with van der Waals surface area (Å²) in [5.41, 5.74) is 3.73. The second-order valence-corrected chi connectivity index (χ2v) is 8.03. The van der Waals surface area contributed by atoms with Crippen LogP contribution in [-0.2, 0) is 4.79 Å². The molecule has 2 N–H and O–H groups in total. The highest BCUT2D eigenvalue weighted by Crippen LogP contribution is 2.24. The van der Waals surface area contributed by atoms with Crippen molar-refractivity contribution in [3.05, 3.63) is 71.5 Å². The number of nitrogens with one attached hydrogen (secondary N) is 2. The molecular formula is C23H26N4O2. The second-order valence-electron chi connectivity index (χ2n) is 8.03. The van der Waals surface area contributed by atoms with Gasteiger partial charge in [0.05, 0.1) is 22.8 Å². The molecule has 0 radical (unpaired) electrons. The fourth-order valence-electron chi connectivity index (χ4n) is 2.89. The summed E-state index contributed by atoms with van der Waals surface area (Å²) in [6.07, 6.45) is 0. The van der Waals surface area contributed by atoms with Crippen molar-refractivity contribution < 1.29 is 9.59 Å². The molecule has 1 aromatic heterocycles. The van der Waals surface area contributed by atoms with Crippen LogP contribution in [0.2, 0.25) is 0 Å². The normalized spacial score (nSPS) is 11.2. The summed E-state index contributed by atoms with van der Waals surface area (Å²) in [6, 6.07) is 16.7. The maximum absolute atomic E-state index is 12.8. The van der Waals surface area contributed by atoms with Crippen molar-refractivity contribution in [2.75, 3.05) is 10.6 Å². The van der Waals surface area contributed by atoms with Crippen molar-refractivity contribution >= 4 is 23.2 Å². The van der Waals surface area contributed by atoms with E-state index in [0.29, 0.717) is 16.9 Å². The summed E-state index contributed by atoms with van der Waals surface area (Å²) >= 11 is 0. The van der Waals surface area contributed by atoms with E-state index in [4.69, 9.17) is 0 Å². The molecule has 3 rings (SSSR count). The van der Waals surface area contributed by atoms with Crippen LogP contribution in [0.3, 0.4) is 0 Å². The van der Waals surface area contributed by atoms with Gasteiger partial charge in [-0.05, 0) is 44.2 Å². The van der Waals surface area contributed by atoms with E-state index in [2.05, 4.69) is 15.7 Å². The first-order valence-electron chi connectivity index (χ1n) is 9.51. The highest BCUT2D eigenvalue weighted by atomic mass is 16.2. The van der Waals surface area contributed by atoms with E-state index in [9.17, 15) is 9.59 Å². The van der Waals surface area contributed by atoms with Crippen LogP contribution >= 0.6 is 0 Å². The maximum Gasteiger partial charge on any atom is 0.255 e. The topological polar surface area (TPSA) is 76.0 Å². The highest BCUT2D eigenvalue weighted by molar-refractivity contribution is 6.06. The summed E-state index contributed by atoms with van der Waals surface area (Å²) in [4.78, 5) is 25.0. The first-order chi connectivity index (χ1) is 13.7. The fraction of sp³-hybridized carbons (Fsp3) is 0.261. The van der Waals surface area contributed by atoms with Gasteiger partial charge in [-0.3, -0.25) is 9.59 Å². The molecule has 0 aliphatic carbocycles. The number of amides is 2. The lowest BCUT2D eigenvalue weighted by molar-refractivity contribution is -0.123. The zero-order chi connectivity index (χ0) is 21.2. The summed E-state index contributed by atoms with van der Waals surface area (Å²) in [5, 5.41) is 10.4. The van der Waals surface area contributed by atoms with Gasteiger partial charge in [-0.15, -0.1) is 0 Å². The molecule has 0 spiro atoms. The quantitative estimate of drug-likeness (QED) is 0.676. The van der Waals surface area contributed by atoms with Gasteiger partial charge in [0.1, 0.15) is 0 Å². The van der Waals surface area contributed by atoms with Crippen molar-refractivity contribution in [1.82, 2.24) is 9.78 Å². The number of rotatable bonds is 4. The number of aromatic nitrogens is 2. The minimum Gasteiger partial charge on any atom is -0.326 e. The van der Waals surface area contributed by atoms with Crippen LogP contribution in [-0.4, -0.2) is 21.6 Å². The van der Waals surface area contributed by atoms with E-state index in [-0.39, 0.29) is 11.8 Å². The molecule has 0 bridgehead atoms. The predicted molar refractivity (Wildman–Crippen MR) is 116 cm³/mol. The molecule has 0 unspecified atom stereocenters. The van der Waals surface area contributed by atoms with Gasteiger partial charge in [-0.2, -0.15) is 5.10 Å². The Morgan fingerprint density at radius 1 is 0.931 bits per heavy atom. The largest absolute Gasteiger partial charge is 0.326 e. The fourth-order valence-corrected chi connectivity index (χ4v) is 2.89. The van der Waals surface area contributed by atoms with Gasteiger partial charge in [0, 0.05) is 16.7 Å². The van der Waals surface area contributed by atoms with Crippen LogP contribution in [0.5, 0.6) is 0 Å². The summed E-state index contributed by atoms with van der Waals surface area (Å²) < 4.78 is 1.81. The Labute approximate surface area is 170 Å². The molecule has 0 atom stereocenters. The SMILES string of the molecule is Cc1nn(-c2ccccc2)c(C)c1NC(=O)c1cccc(NC(=O)C(C)(C)C)c1. The van der Waals surface area contributed by atoms with Crippen molar-refractivity contribution in [1.29, 1.82) is 0 Å². The molecule has 0 saturated carbocycles. The first kappa shape index (κ1) is 20.3. The van der Waals surface area contributed by atoms with Gasteiger partial charge in [0.15, 0.2) is 0 Å². The predicted octanol–water partition coefficient (Wildman–Crippen LogP) is 4.73. The molecule has 2 amide bonds. The molecule has 3 aromatic rings. The number of hydrogen-bond acceptors (Lipinski definition) is 3. The summed E-state index contributed by atoms with van der Waals surface area (Å²) in [5.74, 6) is -0.360. The standard InChI is InChI=1S/C23H26N4O2/c1-15-20(16(2)27(26-15)19-12-7-6-8-13-19)25-21(28)17-10-9-11-18(14-17)24-22(29)23(3,4)5/h6-14H,1-5H3,(H,24,29)(H,25,28). The van der Waals surface area contributed by atoms with E-state index in [1.807, 2.05) is 69.6 Å². The third kappa shape index (κ3) is 4.54. The number of carbonyl (C=O) groups excluding carboxylic acids is 2. The van der Waals surface area contributed by atoms with Gasteiger partial charge in [0.2, 0.25) is 5.91 Å². The van der Waals surface area contributed by atoms with E-state index in [0.717, 1.165) is 17.1 Å². The molecule has 0 aliphatic rings. The van der Waals surface area contributed by atoms with Crippen LogP contribution in [0.25, 0.3) is 5.69 Å². The van der Waals surface area contributed by atoms with Crippen molar-refractivity contribution in [2.45, 2.75) is 34.6 Å². The molecule has 0 fully saturated rings. The number of anilines is 2. The zero-order valence-corrected chi connectivity index (χ0v) is 17.4. The molecule has 6 heteroatoms. The van der Waals surface area contributed by atoms with E-state index in [1.54, 1.807) is 24.3 Å². The molecule has 0 saturated heterocycles. The number of para-hydroxylation sites is 1. The highest BCUT2D eigenvalue weighted by Gasteiger charge is 2.22. The number of nitrogens with zero attached hydrogens (tertiary/aromatic N) is 2. The van der Waals surface area contributed by atoms with E-state index < -0.39 is 5.41 Å². The molecule has 150 valence electrons. The van der Waals surface area contributed by atoms with Crippen LogP contribution < -0.4 is 10.6 Å². The lowest BCUT2D eigenvalue weighted by atomic mass is 9.95. The molecule has 29 heavy (non-hydrogen) atoms. The van der Waals surface area contributed by atoms with Crippen LogP contribution in [0.4, 0.5) is 11.4 Å². The summed E-state index contributed by atoms with van der Waals surface area (Å²) in [7, 11) is 0. The molecule has 1 heterocycles. The minimum atomic E-state index is -0.515. The number of carbonyl (C=O) groups is 2. The lowest BCUT2D eigenvalue weighted by Gasteiger charge is -2.18. The van der Waals surface area contributed by atoms with Crippen molar-refractivity contribution in [2.24, 2.45) is 5.41 Å². The zero-order valence-electron chi connectivity index (χ0n) is 17.4. The molecule has 2 aromatic carbocycles. The van der Waals surface area contributed by atoms with E-state index in [1.165, 1.54) is 0 Å². The molecule has 0 aliphatic heterocycles. The van der Waals surface area contributed by atoms with Crippen LogP contribution in [0.1, 0.15) is 42.5 Å². The van der Waals surface area contributed by atoms with Gasteiger partial charge in [-0.25, -0.2) is 4.68 Å². The van der Waals surface area contributed by atoms with E-state index >= 15 is 0 Å². The Bertz CT molecular complexity index is 1050. The van der Waals surface area contributed by atoms with Crippen molar-refractivity contribution in [3.63, 3.8) is 0 Å². The van der Waals surface area contributed by atoms with Gasteiger partial charge in [0.25, 0.3) is 5.91 Å². The molecular weight excluding hydrogens is 364 g/mol. The number of benzene rings is 2. The Kier molecular flexibility index (Phi) is 5.55. The van der Waals surface area contributed by atoms with Gasteiger partial charge < -0.3 is 10.6 Å². The lowest BCUT2D eigenvalue weighted by Crippen LogP contribution is -2.27. The average molecular weight is 390 g/mol. The van der Waals surface area contributed by atoms with Gasteiger partial charge >= 0.3 is 0 Å². The monoisotopic (exact) mass is 390 g/mol. The minimum absolute atomic E-state index is 0.106. The van der Waals surface area contributed by atoms with Crippen LogP contribution in [0.15, 0.2) is 54.6 Å². The maximum atomic E-state index is 12.8. The Balaban J connectivity index is 1.82. The smallest absolute Gasteiger partial charge is 0.255 e. The van der Waals surface area contributed by atoms with Crippen molar-refractivity contribution in [3.8, 4) is 5.69 Å². The number of hydrogen-bond donors (Lipinski definition) is 2. The Hall–Kier alpha value is -3.41. The third-order valence-electron chi connectivity index (χ3n) is 4.59. The van der Waals surface area contributed by atoms with Crippen LogP contribution in [0, 0.1) is 19.3 Å². The molecule has 6 nitrogen and oxygen atoms in total. The average Bonchev–Trinajstić information content (AvgIpc) is 2.96. The second kappa shape index (κ2) is 7.91. The number of aryl methyl sites for hydroxylation is 1. The summed E-state index contributed by atoms with van der Waals surface area (Å²) in [6.45, 7) is 9.31.